The molecule has 0 bridgehead atoms. The van der Waals surface area contributed by atoms with Crippen LogP contribution in [0.5, 0.6) is 0 Å². The molecule has 4 N–H and O–H groups in total. The van der Waals surface area contributed by atoms with Crippen molar-refractivity contribution in [3.63, 3.8) is 0 Å². The van der Waals surface area contributed by atoms with Crippen LogP contribution in [0, 0.1) is 0 Å². The first-order valence-electron chi connectivity index (χ1n) is 12.2. The standard InChI is InChI=1S/C18H38O2.2C4H6O2/c1-2-3-4-5-6-7-8-9-10-11-12-13-14-15-16-17-18(19)20;2*1-3(2)4(5)6/h18-20H,2-17H2,1H3;2*1H2,2H3,(H,5,6). The number of carboxylic acid groups (broad SMARTS) is 2. The van der Waals surface area contributed by atoms with E-state index in [4.69, 9.17) is 20.4 Å². The van der Waals surface area contributed by atoms with Gasteiger partial charge in [0.05, 0.1) is 0 Å². The van der Waals surface area contributed by atoms with Crippen LogP contribution in [-0.2, 0) is 9.59 Å². The Bertz CT molecular complexity index is 423. The van der Waals surface area contributed by atoms with Gasteiger partial charge in [-0.2, -0.15) is 0 Å². The molecule has 190 valence electrons. The smallest absolute Gasteiger partial charge is 0.330 e. The minimum atomic E-state index is -1.10. The van der Waals surface area contributed by atoms with E-state index in [1.54, 1.807) is 0 Å². The molecule has 0 aliphatic carbocycles. The third-order valence-electron chi connectivity index (χ3n) is 4.80. The Balaban J connectivity index is -0.000000571. The Kier molecular flexibility index (Phi) is 29.9. The van der Waals surface area contributed by atoms with Crippen molar-refractivity contribution < 1.29 is 30.0 Å². The second-order valence-electron chi connectivity index (χ2n) is 8.39. The summed E-state index contributed by atoms with van der Waals surface area (Å²) in [6.45, 7) is 11.5. The zero-order valence-corrected chi connectivity index (χ0v) is 20.9. The van der Waals surface area contributed by atoms with Crippen molar-refractivity contribution in [3.8, 4) is 0 Å². The van der Waals surface area contributed by atoms with Crippen molar-refractivity contribution in [2.45, 2.75) is 130 Å². The fourth-order valence-electron chi connectivity index (χ4n) is 2.70. The van der Waals surface area contributed by atoms with Gasteiger partial charge in [0.25, 0.3) is 0 Å². The van der Waals surface area contributed by atoms with E-state index in [2.05, 4.69) is 20.1 Å². The van der Waals surface area contributed by atoms with Gasteiger partial charge in [0.15, 0.2) is 6.29 Å². The number of hydrogen-bond donors (Lipinski definition) is 4. The molecule has 6 heteroatoms. The quantitative estimate of drug-likeness (QED) is 0.101. The molecule has 0 saturated carbocycles. The van der Waals surface area contributed by atoms with E-state index in [-0.39, 0.29) is 11.1 Å². The highest BCUT2D eigenvalue weighted by atomic mass is 16.5. The van der Waals surface area contributed by atoms with Gasteiger partial charge in [-0.05, 0) is 26.7 Å². The maximum atomic E-state index is 9.60. The van der Waals surface area contributed by atoms with Gasteiger partial charge in [0, 0.05) is 11.1 Å². The van der Waals surface area contributed by atoms with Gasteiger partial charge in [-0.1, -0.05) is 110 Å². The van der Waals surface area contributed by atoms with Crippen LogP contribution >= 0.6 is 0 Å². The summed E-state index contributed by atoms with van der Waals surface area (Å²) in [6, 6.07) is 0. The molecule has 0 aromatic heterocycles. The molecule has 0 aliphatic rings. The molecule has 0 heterocycles. The summed E-state index contributed by atoms with van der Waals surface area (Å²) in [5.74, 6) is -1.87. The van der Waals surface area contributed by atoms with Gasteiger partial charge >= 0.3 is 11.9 Å². The molecule has 0 radical (unpaired) electrons. The van der Waals surface area contributed by atoms with Crippen molar-refractivity contribution in [1.82, 2.24) is 0 Å². The second kappa shape index (κ2) is 27.4. The van der Waals surface area contributed by atoms with Crippen LogP contribution in [0.15, 0.2) is 24.3 Å². The topological polar surface area (TPSA) is 115 Å². The first-order chi connectivity index (χ1) is 15.1. The van der Waals surface area contributed by atoms with Crippen LogP contribution < -0.4 is 0 Å². The highest BCUT2D eigenvalue weighted by Gasteiger charge is 1.97. The number of hydrogen-bond acceptors (Lipinski definition) is 4. The van der Waals surface area contributed by atoms with E-state index >= 15 is 0 Å². The molecule has 0 unspecified atom stereocenters. The van der Waals surface area contributed by atoms with Gasteiger partial charge in [0.1, 0.15) is 0 Å². The molecular formula is C26H50O6. The van der Waals surface area contributed by atoms with Gasteiger partial charge in [-0.15, -0.1) is 0 Å². The lowest BCUT2D eigenvalue weighted by atomic mass is 10.0. The van der Waals surface area contributed by atoms with Crippen LogP contribution in [0.3, 0.4) is 0 Å². The molecule has 0 aromatic carbocycles. The molecule has 0 rings (SSSR count). The molecule has 0 spiro atoms. The minimum Gasteiger partial charge on any atom is -0.478 e. The van der Waals surface area contributed by atoms with Crippen molar-refractivity contribution in [1.29, 1.82) is 0 Å². The van der Waals surface area contributed by atoms with Gasteiger partial charge in [-0.25, -0.2) is 9.59 Å². The van der Waals surface area contributed by atoms with E-state index in [1.165, 1.54) is 97.3 Å². The van der Waals surface area contributed by atoms with Crippen LogP contribution in [0.1, 0.15) is 124 Å². The molecule has 0 fully saturated rings. The number of aliphatic hydroxyl groups excluding tert-OH is 1. The molecule has 32 heavy (non-hydrogen) atoms. The predicted octanol–water partition coefficient (Wildman–Crippen LogP) is 6.85. The van der Waals surface area contributed by atoms with Crippen LogP contribution in [0.2, 0.25) is 0 Å². The van der Waals surface area contributed by atoms with Crippen LogP contribution in [-0.4, -0.2) is 38.7 Å². The minimum absolute atomic E-state index is 0.176. The lowest BCUT2D eigenvalue weighted by Gasteiger charge is -2.04. The van der Waals surface area contributed by atoms with E-state index in [1.807, 2.05) is 0 Å². The highest BCUT2D eigenvalue weighted by molar-refractivity contribution is 5.85. The Hall–Kier alpha value is -1.66. The third-order valence-corrected chi connectivity index (χ3v) is 4.80. The van der Waals surface area contributed by atoms with E-state index in [9.17, 15) is 9.59 Å². The monoisotopic (exact) mass is 458 g/mol. The molecule has 0 amide bonds. The zero-order valence-electron chi connectivity index (χ0n) is 20.9. The largest absolute Gasteiger partial charge is 0.478 e. The van der Waals surface area contributed by atoms with Crippen LogP contribution in [0.25, 0.3) is 0 Å². The van der Waals surface area contributed by atoms with E-state index in [0.717, 1.165) is 12.8 Å². The summed E-state index contributed by atoms with van der Waals surface area (Å²) in [4.78, 5) is 19.2. The molecular weight excluding hydrogens is 408 g/mol. The van der Waals surface area contributed by atoms with E-state index in [0.29, 0.717) is 6.42 Å². The summed E-state index contributed by atoms with van der Waals surface area (Å²) in [6.07, 6.45) is 19.6. The van der Waals surface area contributed by atoms with Gasteiger partial charge in [0.2, 0.25) is 0 Å². The number of aliphatic hydroxyl groups is 2. The fourth-order valence-corrected chi connectivity index (χ4v) is 2.70. The first-order valence-corrected chi connectivity index (χ1v) is 12.2. The summed E-state index contributed by atoms with van der Waals surface area (Å²) in [7, 11) is 0. The summed E-state index contributed by atoms with van der Waals surface area (Å²) in [5, 5.41) is 33.2. The Morgan fingerprint density at radius 3 is 1.00 bits per heavy atom. The molecule has 0 aromatic rings. The summed E-state index contributed by atoms with van der Waals surface area (Å²) >= 11 is 0. The third kappa shape index (κ3) is 38.9. The lowest BCUT2D eigenvalue weighted by molar-refractivity contribution is -0.133. The second-order valence-corrected chi connectivity index (χ2v) is 8.39. The van der Waals surface area contributed by atoms with Crippen molar-refractivity contribution in [2.75, 3.05) is 0 Å². The Labute approximate surface area is 196 Å². The van der Waals surface area contributed by atoms with Crippen LogP contribution in [0.4, 0.5) is 0 Å². The maximum absolute atomic E-state index is 9.60. The SMILES string of the molecule is C=C(C)C(=O)O.C=C(C)C(=O)O.CCCCCCCCCCCCCCCCCC(O)O. The number of aliphatic carboxylic acids is 2. The molecule has 0 aliphatic heterocycles. The maximum Gasteiger partial charge on any atom is 0.330 e. The van der Waals surface area contributed by atoms with Crippen molar-refractivity contribution in [3.05, 3.63) is 24.3 Å². The Morgan fingerprint density at radius 2 is 0.812 bits per heavy atom. The molecule has 6 nitrogen and oxygen atoms in total. The Morgan fingerprint density at radius 1 is 0.594 bits per heavy atom. The fraction of sp³-hybridized carbons (Fsp3) is 0.769. The summed E-state index contributed by atoms with van der Waals surface area (Å²) < 4.78 is 0. The van der Waals surface area contributed by atoms with Gasteiger partial charge in [-0.3, -0.25) is 0 Å². The zero-order chi connectivity index (χ0) is 25.2. The van der Waals surface area contributed by atoms with Gasteiger partial charge < -0.3 is 20.4 Å². The summed E-state index contributed by atoms with van der Waals surface area (Å²) in [5.41, 5.74) is 0.352. The average molecular weight is 459 g/mol. The van der Waals surface area contributed by atoms with Crippen molar-refractivity contribution in [2.24, 2.45) is 0 Å². The normalized spacial score (nSPS) is 9.94. The lowest BCUT2D eigenvalue weighted by Crippen LogP contribution is -2.02. The average Bonchev–Trinajstić information content (AvgIpc) is 2.71. The molecule has 0 saturated heterocycles. The highest BCUT2D eigenvalue weighted by Crippen LogP contribution is 2.13. The molecule has 0 atom stereocenters. The first kappa shape index (κ1) is 34.9. The number of carbonyl (C=O) groups is 2. The van der Waals surface area contributed by atoms with Crippen molar-refractivity contribution >= 4 is 11.9 Å². The number of unbranched alkanes of at least 4 members (excludes halogenated alkanes) is 14. The number of rotatable bonds is 18. The predicted molar refractivity (Wildman–Crippen MR) is 133 cm³/mol. The van der Waals surface area contributed by atoms with E-state index < -0.39 is 18.2 Å². The number of carboxylic acids is 2.